The summed E-state index contributed by atoms with van der Waals surface area (Å²) in [6.45, 7) is 6.27. The summed E-state index contributed by atoms with van der Waals surface area (Å²) < 4.78 is 2.19. The Balaban J connectivity index is 2.47. The van der Waals surface area contributed by atoms with E-state index in [9.17, 15) is 0 Å². The Kier molecular flexibility index (Phi) is 3.82. The summed E-state index contributed by atoms with van der Waals surface area (Å²) in [5.41, 5.74) is 8.69. The van der Waals surface area contributed by atoms with Gasteiger partial charge in [-0.1, -0.05) is 36.8 Å². The van der Waals surface area contributed by atoms with Crippen molar-refractivity contribution >= 4 is 0 Å². The van der Waals surface area contributed by atoms with Crippen LogP contribution in [0.4, 0.5) is 0 Å². The third kappa shape index (κ3) is 2.46. The molecular formula is C15H21N3. The minimum atomic E-state index is 0.0475. The van der Waals surface area contributed by atoms with Crippen LogP contribution >= 0.6 is 0 Å². The first kappa shape index (κ1) is 12.8. The Morgan fingerprint density at radius 3 is 2.78 bits per heavy atom. The molecule has 2 unspecified atom stereocenters. The normalized spacial score (nSPS) is 14.4. The number of nitrogens with zero attached hydrogens (tertiary/aromatic N) is 2. The van der Waals surface area contributed by atoms with Gasteiger partial charge >= 0.3 is 0 Å². The van der Waals surface area contributed by atoms with Crippen molar-refractivity contribution in [3.05, 3.63) is 53.6 Å². The molecule has 0 saturated carbocycles. The van der Waals surface area contributed by atoms with E-state index in [2.05, 4.69) is 47.7 Å². The smallest absolute Gasteiger partial charge is 0.108 e. The van der Waals surface area contributed by atoms with Crippen molar-refractivity contribution in [1.29, 1.82) is 0 Å². The highest BCUT2D eigenvalue weighted by Gasteiger charge is 2.20. The lowest BCUT2D eigenvalue weighted by molar-refractivity contribution is 0.481. The Labute approximate surface area is 109 Å². The first-order valence-electron chi connectivity index (χ1n) is 6.47. The average molecular weight is 243 g/mol. The van der Waals surface area contributed by atoms with Gasteiger partial charge in [0.1, 0.15) is 5.82 Å². The van der Waals surface area contributed by atoms with Gasteiger partial charge in [-0.15, -0.1) is 0 Å². The summed E-state index contributed by atoms with van der Waals surface area (Å²) in [6, 6.07) is 8.74. The molecule has 96 valence electrons. The Morgan fingerprint density at radius 1 is 1.39 bits per heavy atom. The molecule has 1 aromatic heterocycles. The van der Waals surface area contributed by atoms with E-state index in [1.165, 1.54) is 11.1 Å². The van der Waals surface area contributed by atoms with Gasteiger partial charge in [-0.05, 0) is 19.4 Å². The van der Waals surface area contributed by atoms with Crippen molar-refractivity contribution in [1.82, 2.24) is 9.55 Å². The van der Waals surface area contributed by atoms with E-state index in [0.717, 1.165) is 12.2 Å². The van der Waals surface area contributed by atoms with Gasteiger partial charge in [0.2, 0.25) is 0 Å². The van der Waals surface area contributed by atoms with Gasteiger partial charge in [-0.25, -0.2) is 4.98 Å². The van der Waals surface area contributed by atoms with Crippen LogP contribution in [-0.2, 0) is 6.42 Å². The molecule has 0 aliphatic rings. The van der Waals surface area contributed by atoms with Crippen molar-refractivity contribution in [3.8, 4) is 0 Å². The summed E-state index contributed by atoms with van der Waals surface area (Å²) in [5.74, 6) is 1.08. The monoisotopic (exact) mass is 243 g/mol. The van der Waals surface area contributed by atoms with Crippen molar-refractivity contribution in [2.24, 2.45) is 5.73 Å². The number of benzene rings is 1. The number of hydrogen-bond acceptors (Lipinski definition) is 2. The van der Waals surface area contributed by atoms with Gasteiger partial charge < -0.3 is 10.3 Å². The largest absolute Gasteiger partial charge is 0.326 e. The van der Waals surface area contributed by atoms with Gasteiger partial charge in [0.15, 0.2) is 0 Å². The molecule has 2 aromatic rings. The van der Waals surface area contributed by atoms with Crippen LogP contribution < -0.4 is 5.73 Å². The molecule has 0 aliphatic carbocycles. The Morgan fingerprint density at radius 2 is 2.17 bits per heavy atom. The Bertz CT molecular complexity index is 514. The minimum absolute atomic E-state index is 0.0475. The maximum Gasteiger partial charge on any atom is 0.108 e. The Hall–Kier alpha value is -1.61. The third-order valence-electron chi connectivity index (χ3n) is 3.25. The van der Waals surface area contributed by atoms with E-state index >= 15 is 0 Å². The van der Waals surface area contributed by atoms with Gasteiger partial charge in [-0.2, -0.15) is 0 Å². The minimum Gasteiger partial charge on any atom is -0.326 e. The lowest BCUT2D eigenvalue weighted by Crippen LogP contribution is -2.31. The highest BCUT2D eigenvalue weighted by Crippen LogP contribution is 2.23. The van der Waals surface area contributed by atoms with E-state index in [4.69, 9.17) is 5.73 Å². The van der Waals surface area contributed by atoms with Gasteiger partial charge in [0.25, 0.3) is 0 Å². The molecule has 2 N–H and O–H groups in total. The molecule has 3 nitrogen and oxygen atoms in total. The zero-order valence-corrected chi connectivity index (χ0v) is 11.3. The second-order valence-electron chi connectivity index (χ2n) is 4.82. The zero-order chi connectivity index (χ0) is 13.1. The number of aromatic nitrogens is 2. The topological polar surface area (TPSA) is 43.8 Å². The van der Waals surface area contributed by atoms with Crippen molar-refractivity contribution < 1.29 is 0 Å². The molecular weight excluding hydrogens is 222 g/mol. The fraction of sp³-hybridized carbons (Fsp3) is 0.400. The fourth-order valence-electron chi connectivity index (χ4n) is 2.44. The summed E-state index contributed by atoms with van der Waals surface area (Å²) in [7, 11) is 0. The maximum atomic E-state index is 6.18. The molecule has 2 atom stereocenters. The molecule has 0 amide bonds. The highest BCUT2D eigenvalue weighted by molar-refractivity contribution is 5.27. The summed E-state index contributed by atoms with van der Waals surface area (Å²) in [6.07, 6.45) is 4.79. The zero-order valence-electron chi connectivity index (χ0n) is 11.3. The molecule has 1 heterocycles. The van der Waals surface area contributed by atoms with E-state index in [1.807, 2.05) is 19.3 Å². The quantitative estimate of drug-likeness (QED) is 0.897. The van der Waals surface area contributed by atoms with Crippen LogP contribution in [0.2, 0.25) is 0 Å². The molecule has 0 saturated heterocycles. The first-order chi connectivity index (χ1) is 8.63. The van der Waals surface area contributed by atoms with Gasteiger partial charge in [0, 0.05) is 24.9 Å². The van der Waals surface area contributed by atoms with E-state index in [0.29, 0.717) is 0 Å². The molecule has 0 radical (unpaired) electrons. The van der Waals surface area contributed by atoms with Crippen LogP contribution in [0.1, 0.15) is 36.8 Å². The van der Waals surface area contributed by atoms with Crippen LogP contribution in [0.15, 0.2) is 36.7 Å². The van der Waals surface area contributed by atoms with Crippen LogP contribution in [0.25, 0.3) is 0 Å². The standard InChI is InChI=1S/C15H21N3/c1-4-14-17-8-9-18(14)15(12(3)16)13-7-5-6-11(2)10-13/h5-10,12,15H,4,16H2,1-3H3. The molecule has 18 heavy (non-hydrogen) atoms. The van der Waals surface area contributed by atoms with Crippen molar-refractivity contribution in [2.45, 2.75) is 39.3 Å². The molecule has 2 rings (SSSR count). The molecule has 0 fully saturated rings. The van der Waals surface area contributed by atoms with Gasteiger partial charge in [-0.3, -0.25) is 0 Å². The number of rotatable bonds is 4. The third-order valence-corrected chi connectivity index (χ3v) is 3.25. The maximum absolute atomic E-state index is 6.18. The summed E-state index contributed by atoms with van der Waals surface area (Å²) >= 11 is 0. The van der Waals surface area contributed by atoms with E-state index in [-0.39, 0.29) is 12.1 Å². The molecule has 0 aliphatic heterocycles. The number of hydrogen-bond donors (Lipinski definition) is 1. The summed E-state index contributed by atoms with van der Waals surface area (Å²) in [5, 5.41) is 0. The predicted molar refractivity (Wildman–Crippen MR) is 74.6 cm³/mol. The first-order valence-corrected chi connectivity index (χ1v) is 6.47. The van der Waals surface area contributed by atoms with Crippen molar-refractivity contribution in [3.63, 3.8) is 0 Å². The van der Waals surface area contributed by atoms with Crippen LogP contribution in [0, 0.1) is 6.92 Å². The number of nitrogens with two attached hydrogens (primary N) is 1. The van der Waals surface area contributed by atoms with Gasteiger partial charge in [0.05, 0.1) is 6.04 Å². The number of imidazole rings is 1. The lowest BCUT2D eigenvalue weighted by Gasteiger charge is -2.25. The highest BCUT2D eigenvalue weighted by atomic mass is 15.1. The average Bonchev–Trinajstić information content (AvgIpc) is 2.77. The van der Waals surface area contributed by atoms with E-state index < -0.39 is 0 Å². The molecule has 0 bridgehead atoms. The molecule has 3 heteroatoms. The van der Waals surface area contributed by atoms with Crippen LogP contribution in [0.5, 0.6) is 0 Å². The molecule has 1 aromatic carbocycles. The van der Waals surface area contributed by atoms with Crippen LogP contribution in [0.3, 0.4) is 0 Å². The number of aryl methyl sites for hydroxylation is 2. The molecule has 0 spiro atoms. The summed E-state index contributed by atoms with van der Waals surface area (Å²) in [4.78, 5) is 4.39. The second-order valence-corrected chi connectivity index (χ2v) is 4.82. The lowest BCUT2D eigenvalue weighted by atomic mass is 9.99. The fourth-order valence-corrected chi connectivity index (χ4v) is 2.44. The second kappa shape index (κ2) is 5.36. The van der Waals surface area contributed by atoms with E-state index in [1.54, 1.807) is 0 Å². The van der Waals surface area contributed by atoms with Crippen molar-refractivity contribution in [2.75, 3.05) is 0 Å². The predicted octanol–water partition coefficient (Wildman–Crippen LogP) is 2.69. The van der Waals surface area contributed by atoms with Crippen LogP contribution in [-0.4, -0.2) is 15.6 Å². The SMILES string of the molecule is CCc1nccn1C(c1cccc(C)c1)C(C)N.